The Bertz CT molecular complexity index is 1240. The lowest BCUT2D eigenvalue weighted by Gasteiger charge is -2.34. The second kappa shape index (κ2) is 8.61. The molecule has 0 saturated carbocycles. The lowest BCUT2D eigenvalue weighted by Crippen LogP contribution is -2.44. The first-order chi connectivity index (χ1) is 16.2. The summed E-state index contributed by atoms with van der Waals surface area (Å²) in [5, 5.41) is 9.02. The summed E-state index contributed by atoms with van der Waals surface area (Å²) < 4.78 is 0. The molecule has 170 valence electrons. The molecule has 0 atom stereocenters. The van der Waals surface area contributed by atoms with Gasteiger partial charge in [-0.15, -0.1) is 0 Å². The van der Waals surface area contributed by atoms with Gasteiger partial charge in [-0.3, -0.25) is 20.0 Å². The summed E-state index contributed by atoms with van der Waals surface area (Å²) in [6.07, 6.45) is 10.4. The van der Waals surface area contributed by atoms with Gasteiger partial charge < -0.3 is 14.8 Å². The van der Waals surface area contributed by atoms with Crippen molar-refractivity contribution in [3.8, 4) is 22.6 Å². The number of piperazine rings is 1. The Morgan fingerprint density at radius 1 is 0.848 bits per heavy atom. The number of nitrogens with one attached hydrogen (secondary N) is 2. The molecule has 33 heavy (non-hydrogen) atoms. The molecular formula is C25H30N8. The molecule has 0 aliphatic carbocycles. The lowest BCUT2D eigenvalue weighted by atomic mass is 10.1. The summed E-state index contributed by atoms with van der Waals surface area (Å²) >= 11 is 0. The first kappa shape index (κ1) is 20.4. The van der Waals surface area contributed by atoms with Crippen molar-refractivity contribution in [3.63, 3.8) is 0 Å². The van der Waals surface area contributed by atoms with Crippen molar-refractivity contribution in [2.24, 2.45) is 0 Å². The molecule has 8 heteroatoms. The van der Waals surface area contributed by atoms with Gasteiger partial charge in [-0.1, -0.05) is 0 Å². The van der Waals surface area contributed by atoms with Crippen LogP contribution in [0.25, 0.3) is 33.5 Å². The number of rotatable bonds is 5. The highest BCUT2D eigenvalue weighted by Gasteiger charge is 2.19. The van der Waals surface area contributed by atoms with Crippen LogP contribution >= 0.6 is 0 Å². The fraction of sp³-hybridized carbons (Fsp3) is 0.400. The Kier molecular flexibility index (Phi) is 5.32. The molecule has 2 saturated heterocycles. The van der Waals surface area contributed by atoms with Crippen LogP contribution in [-0.2, 0) is 6.54 Å². The highest BCUT2D eigenvalue weighted by atomic mass is 15.3. The van der Waals surface area contributed by atoms with E-state index in [1.54, 1.807) is 0 Å². The zero-order valence-electron chi connectivity index (χ0n) is 19.1. The van der Waals surface area contributed by atoms with E-state index in [2.05, 4.69) is 65.1 Å². The standard InChI is InChI=1S/C25H30N8/c1-31-6-8-33(9-7-31)25-16-27-15-24-20(25)11-22(28-24)23-12-21(29-30-23)19-10-18(13-26-14-19)17-32-4-2-3-5-32/h10-16,28H,2-9,17H2,1H3,(H,29,30). The number of hydrogen-bond donors (Lipinski definition) is 2. The maximum absolute atomic E-state index is 4.60. The Labute approximate surface area is 193 Å². The van der Waals surface area contributed by atoms with Gasteiger partial charge in [-0.2, -0.15) is 5.10 Å². The molecule has 4 aromatic rings. The third-order valence-corrected chi connectivity index (χ3v) is 6.93. The van der Waals surface area contributed by atoms with Crippen LogP contribution in [0.1, 0.15) is 18.4 Å². The van der Waals surface area contributed by atoms with Gasteiger partial charge in [0.05, 0.1) is 40.7 Å². The van der Waals surface area contributed by atoms with Crippen molar-refractivity contribution in [1.29, 1.82) is 0 Å². The largest absolute Gasteiger partial charge is 0.367 e. The summed E-state index contributed by atoms with van der Waals surface area (Å²) in [5.74, 6) is 0. The van der Waals surface area contributed by atoms with Crippen LogP contribution in [0.2, 0.25) is 0 Å². The Morgan fingerprint density at radius 3 is 2.52 bits per heavy atom. The lowest BCUT2D eigenvalue weighted by molar-refractivity contribution is 0.313. The average Bonchev–Trinajstić information content (AvgIpc) is 3.60. The molecule has 0 aromatic carbocycles. The van der Waals surface area contributed by atoms with Gasteiger partial charge in [0, 0.05) is 56.1 Å². The summed E-state index contributed by atoms with van der Waals surface area (Å²) in [7, 11) is 2.18. The number of nitrogens with zero attached hydrogens (tertiary/aromatic N) is 6. The van der Waals surface area contributed by atoms with E-state index in [1.165, 1.54) is 42.6 Å². The summed E-state index contributed by atoms with van der Waals surface area (Å²) in [4.78, 5) is 19.8. The second-order valence-electron chi connectivity index (χ2n) is 9.33. The van der Waals surface area contributed by atoms with Gasteiger partial charge in [-0.25, -0.2) is 0 Å². The van der Waals surface area contributed by atoms with Crippen molar-refractivity contribution >= 4 is 16.6 Å². The van der Waals surface area contributed by atoms with Gasteiger partial charge in [-0.05, 0) is 56.7 Å². The molecule has 0 unspecified atom stereocenters. The number of anilines is 1. The summed E-state index contributed by atoms with van der Waals surface area (Å²) in [6.45, 7) is 7.51. The van der Waals surface area contributed by atoms with Gasteiger partial charge in [0.1, 0.15) is 0 Å². The molecule has 0 radical (unpaired) electrons. The number of aromatic nitrogens is 5. The van der Waals surface area contributed by atoms with Crippen LogP contribution in [0.15, 0.2) is 43.0 Å². The summed E-state index contributed by atoms with van der Waals surface area (Å²) in [5.41, 5.74) is 7.44. The zero-order chi connectivity index (χ0) is 22.2. The smallest absolute Gasteiger partial charge is 0.0943 e. The molecule has 2 fully saturated rings. The van der Waals surface area contributed by atoms with Crippen molar-refractivity contribution in [3.05, 3.63) is 48.5 Å². The van der Waals surface area contributed by atoms with Crippen LogP contribution in [-0.4, -0.2) is 81.3 Å². The second-order valence-corrected chi connectivity index (χ2v) is 9.33. The van der Waals surface area contributed by atoms with Crippen LogP contribution in [0, 0.1) is 0 Å². The van der Waals surface area contributed by atoms with Crippen molar-refractivity contribution < 1.29 is 0 Å². The van der Waals surface area contributed by atoms with Crippen molar-refractivity contribution in [1.82, 2.24) is 34.9 Å². The number of aromatic amines is 2. The number of likely N-dealkylation sites (tertiary alicyclic amines) is 1. The fourth-order valence-corrected chi connectivity index (χ4v) is 5.00. The third-order valence-electron chi connectivity index (χ3n) is 6.93. The highest BCUT2D eigenvalue weighted by molar-refractivity contribution is 5.95. The quantitative estimate of drug-likeness (QED) is 0.493. The first-order valence-electron chi connectivity index (χ1n) is 11.9. The topological polar surface area (TPSA) is 80.0 Å². The minimum Gasteiger partial charge on any atom is -0.367 e. The number of hydrogen-bond acceptors (Lipinski definition) is 6. The van der Waals surface area contributed by atoms with Gasteiger partial charge in [0.15, 0.2) is 0 Å². The molecule has 0 spiro atoms. The van der Waals surface area contributed by atoms with E-state index in [1.807, 2.05) is 24.8 Å². The molecule has 2 aliphatic rings. The van der Waals surface area contributed by atoms with Crippen molar-refractivity contribution in [2.45, 2.75) is 19.4 Å². The van der Waals surface area contributed by atoms with E-state index in [9.17, 15) is 0 Å². The van der Waals surface area contributed by atoms with E-state index in [0.29, 0.717) is 0 Å². The van der Waals surface area contributed by atoms with Crippen LogP contribution in [0.5, 0.6) is 0 Å². The average molecular weight is 443 g/mol. The van der Waals surface area contributed by atoms with E-state index in [4.69, 9.17) is 0 Å². The van der Waals surface area contributed by atoms with Gasteiger partial charge >= 0.3 is 0 Å². The van der Waals surface area contributed by atoms with E-state index >= 15 is 0 Å². The molecular weight excluding hydrogens is 412 g/mol. The third kappa shape index (κ3) is 4.12. The Balaban J connectivity index is 1.26. The number of pyridine rings is 2. The normalized spacial score (nSPS) is 17.9. The number of likely N-dealkylation sites (N-methyl/N-ethyl adjacent to an activating group) is 1. The van der Waals surface area contributed by atoms with Crippen molar-refractivity contribution in [2.75, 3.05) is 51.2 Å². The summed E-state index contributed by atoms with van der Waals surface area (Å²) in [6, 6.07) is 6.53. The first-order valence-corrected chi connectivity index (χ1v) is 11.9. The molecule has 4 aromatic heterocycles. The molecule has 0 amide bonds. The maximum atomic E-state index is 4.60. The maximum Gasteiger partial charge on any atom is 0.0943 e. The predicted octanol–water partition coefficient (Wildman–Crippen LogP) is 3.36. The molecule has 6 heterocycles. The van der Waals surface area contributed by atoms with E-state index in [-0.39, 0.29) is 0 Å². The number of fused-ring (bicyclic) bond motifs is 1. The zero-order valence-corrected chi connectivity index (χ0v) is 19.1. The molecule has 0 bridgehead atoms. The predicted molar refractivity (Wildman–Crippen MR) is 131 cm³/mol. The molecule has 8 nitrogen and oxygen atoms in total. The van der Waals surface area contributed by atoms with Gasteiger partial charge in [0.2, 0.25) is 0 Å². The van der Waals surface area contributed by atoms with Gasteiger partial charge in [0.25, 0.3) is 0 Å². The minimum atomic E-state index is 0.914. The fourth-order valence-electron chi connectivity index (χ4n) is 5.00. The van der Waals surface area contributed by atoms with E-state index < -0.39 is 0 Å². The molecule has 2 N–H and O–H groups in total. The Hall–Kier alpha value is -3.23. The van der Waals surface area contributed by atoms with E-state index in [0.717, 1.165) is 60.9 Å². The SMILES string of the molecule is CN1CCN(c2cncc3[nH]c(-c4cc(-c5cncc(CN6CCCC6)c5)n[nH]4)cc23)CC1. The monoisotopic (exact) mass is 442 g/mol. The molecule has 6 rings (SSSR count). The minimum absolute atomic E-state index is 0.914. The number of H-pyrrole nitrogens is 2. The Morgan fingerprint density at radius 2 is 1.67 bits per heavy atom. The van der Waals surface area contributed by atoms with Crippen LogP contribution in [0.3, 0.4) is 0 Å². The van der Waals surface area contributed by atoms with Crippen LogP contribution < -0.4 is 4.90 Å². The molecule has 2 aliphatic heterocycles. The highest BCUT2D eigenvalue weighted by Crippen LogP contribution is 2.32. The van der Waals surface area contributed by atoms with Crippen LogP contribution in [0.4, 0.5) is 5.69 Å².